The number of hydrogen-bond acceptors (Lipinski definition) is 1. The molecule has 7 aromatic carbocycles. The SMILES string of the molecule is C=CC.CC.CCc1ccc(N(c2ccccc2)c2c3c(c(-c4cccc5ccccc45)c4ccccc24)=CC=CCC=3)c2ccccc12. The molecule has 7 aromatic rings. The molecule has 0 saturated carbocycles. The van der Waals surface area contributed by atoms with Crippen LogP contribution in [0.15, 0.2) is 158 Å². The number of hydrogen-bond donors (Lipinski definition) is 0. The lowest BCUT2D eigenvalue weighted by Crippen LogP contribution is -2.33. The molecule has 0 saturated heterocycles. The van der Waals surface area contributed by atoms with Crippen LogP contribution in [0.1, 0.15) is 39.7 Å². The van der Waals surface area contributed by atoms with Crippen LogP contribution >= 0.6 is 0 Å². The number of allylic oxidation sites excluding steroid dienone is 3. The molecule has 1 heteroatoms. The number of aryl methyl sites for hydroxylation is 1. The molecular weight excluding hydrogens is 591 g/mol. The van der Waals surface area contributed by atoms with E-state index in [0.717, 1.165) is 18.5 Å². The van der Waals surface area contributed by atoms with E-state index in [2.05, 4.69) is 176 Å². The zero-order chi connectivity index (χ0) is 34.2. The molecule has 0 fully saturated rings. The van der Waals surface area contributed by atoms with Gasteiger partial charge in [0.25, 0.3) is 0 Å². The van der Waals surface area contributed by atoms with Crippen molar-refractivity contribution in [3.05, 3.63) is 174 Å². The van der Waals surface area contributed by atoms with E-state index in [0.29, 0.717) is 0 Å². The van der Waals surface area contributed by atoms with Crippen LogP contribution in [0.3, 0.4) is 0 Å². The van der Waals surface area contributed by atoms with E-state index in [1.54, 1.807) is 6.08 Å². The molecule has 242 valence electrons. The minimum absolute atomic E-state index is 0.877. The van der Waals surface area contributed by atoms with Crippen LogP contribution in [-0.2, 0) is 6.42 Å². The van der Waals surface area contributed by atoms with Gasteiger partial charge >= 0.3 is 0 Å². The number of benzene rings is 7. The van der Waals surface area contributed by atoms with Gasteiger partial charge in [0.15, 0.2) is 0 Å². The van der Waals surface area contributed by atoms with Crippen molar-refractivity contribution in [3.63, 3.8) is 0 Å². The molecule has 0 aromatic heterocycles. The van der Waals surface area contributed by atoms with Crippen LogP contribution in [0, 0.1) is 0 Å². The van der Waals surface area contributed by atoms with Gasteiger partial charge in [-0.05, 0) is 81.4 Å². The Labute approximate surface area is 291 Å². The summed E-state index contributed by atoms with van der Waals surface area (Å²) in [4.78, 5) is 2.51. The van der Waals surface area contributed by atoms with Crippen LogP contribution in [-0.4, -0.2) is 0 Å². The fourth-order valence-electron chi connectivity index (χ4n) is 7.06. The highest BCUT2D eigenvalue weighted by atomic mass is 15.1. The van der Waals surface area contributed by atoms with Crippen LogP contribution in [0.25, 0.3) is 55.6 Å². The number of anilines is 3. The normalized spacial score (nSPS) is 11.6. The Morgan fingerprint density at radius 1 is 0.633 bits per heavy atom. The molecule has 0 amide bonds. The molecule has 1 nitrogen and oxygen atoms in total. The van der Waals surface area contributed by atoms with Crippen LogP contribution in [0.2, 0.25) is 0 Å². The minimum Gasteiger partial charge on any atom is -0.309 e. The van der Waals surface area contributed by atoms with Gasteiger partial charge in [0.1, 0.15) is 0 Å². The van der Waals surface area contributed by atoms with Crippen LogP contribution in [0.4, 0.5) is 17.1 Å². The topological polar surface area (TPSA) is 3.24 Å². The lowest BCUT2D eigenvalue weighted by molar-refractivity contribution is 1.16. The molecule has 49 heavy (non-hydrogen) atoms. The van der Waals surface area contributed by atoms with E-state index in [-0.39, 0.29) is 0 Å². The quantitative estimate of drug-likeness (QED) is 0.170. The van der Waals surface area contributed by atoms with Crippen molar-refractivity contribution in [3.8, 4) is 11.1 Å². The summed E-state index contributed by atoms with van der Waals surface area (Å²) in [6, 6.07) is 48.8. The first-order valence-corrected chi connectivity index (χ1v) is 17.6. The largest absolute Gasteiger partial charge is 0.309 e. The van der Waals surface area contributed by atoms with E-state index < -0.39 is 0 Å². The average Bonchev–Trinajstić information content (AvgIpc) is 3.42. The summed E-state index contributed by atoms with van der Waals surface area (Å²) in [5, 5.41) is 10.1. The Morgan fingerprint density at radius 2 is 1.24 bits per heavy atom. The fourth-order valence-corrected chi connectivity index (χ4v) is 7.06. The lowest BCUT2D eigenvalue weighted by Gasteiger charge is -2.30. The molecule has 1 aliphatic carbocycles. The van der Waals surface area contributed by atoms with Crippen molar-refractivity contribution >= 4 is 61.5 Å². The standard InChI is InChI=1S/C43H33N.C3H6.C2H6/c1-2-30-28-29-41(35-22-12-11-20-33(30)35)44(32-18-5-3-6-19-32)43-39-25-8-4-7-23-37(39)42(38-24-13-14-26-40(38)43)36-27-15-17-31-16-9-10-21-34(31)36;1-3-2;1-2/h3-7,9-29H,2,8H2,1H3;3H,1H2,2H3;1-2H3. The predicted molar refractivity (Wildman–Crippen MR) is 218 cm³/mol. The average molecular weight is 636 g/mol. The summed E-state index contributed by atoms with van der Waals surface area (Å²) in [5.41, 5.74) is 7.50. The van der Waals surface area contributed by atoms with Crippen molar-refractivity contribution in [1.82, 2.24) is 0 Å². The second kappa shape index (κ2) is 15.5. The highest BCUT2D eigenvalue weighted by Gasteiger charge is 2.23. The minimum atomic E-state index is 0.877. The Bertz CT molecular complexity index is 2390. The van der Waals surface area contributed by atoms with Crippen molar-refractivity contribution in [2.24, 2.45) is 0 Å². The van der Waals surface area contributed by atoms with Crippen molar-refractivity contribution in [2.45, 2.75) is 40.5 Å². The Balaban J connectivity index is 0.000000792. The van der Waals surface area contributed by atoms with Gasteiger partial charge in [0.2, 0.25) is 0 Å². The van der Waals surface area contributed by atoms with Gasteiger partial charge in [-0.1, -0.05) is 166 Å². The van der Waals surface area contributed by atoms with Gasteiger partial charge in [-0.15, -0.1) is 6.58 Å². The summed E-state index contributed by atoms with van der Waals surface area (Å²) in [7, 11) is 0. The van der Waals surface area contributed by atoms with Crippen molar-refractivity contribution in [1.29, 1.82) is 0 Å². The zero-order valence-corrected chi connectivity index (χ0v) is 29.2. The molecule has 0 N–H and O–H groups in total. The molecule has 0 atom stereocenters. The predicted octanol–water partition coefficient (Wildman–Crippen LogP) is 12.6. The van der Waals surface area contributed by atoms with Gasteiger partial charge in [-0.2, -0.15) is 0 Å². The third-order valence-corrected chi connectivity index (χ3v) is 9.03. The third kappa shape index (κ3) is 6.33. The third-order valence-electron chi connectivity index (χ3n) is 9.03. The summed E-state index contributed by atoms with van der Waals surface area (Å²) < 4.78 is 0. The number of nitrogens with zero attached hydrogens (tertiary/aromatic N) is 1. The molecule has 1 aliphatic rings. The molecule has 0 aliphatic heterocycles. The van der Waals surface area contributed by atoms with Crippen molar-refractivity contribution < 1.29 is 0 Å². The van der Waals surface area contributed by atoms with E-state index >= 15 is 0 Å². The van der Waals surface area contributed by atoms with Gasteiger partial charge in [-0.25, -0.2) is 0 Å². The van der Waals surface area contributed by atoms with Gasteiger partial charge < -0.3 is 4.90 Å². The van der Waals surface area contributed by atoms with E-state index in [1.165, 1.54) is 70.8 Å². The highest BCUT2D eigenvalue weighted by molar-refractivity contribution is 6.12. The van der Waals surface area contributed by atoms with E-state index in [1.807, 2.05) is 20.8 Å². The Morgan fingerprint density at radius 3 is 1.98 bits per heavy atom. The maximum absolute atomic E-state index is 3.36. The first-order chi connectivity index (χ1) is 24.2. The maximum atomic E-state index is 3.36. The molecule has 8 rings (SSSR count). The smallest absolute Gasteiger partial charge is 0.0616 e. The number of para-hydroxylation sites is 1. The second-order valence-corrected chi connectivity index (χ2v) is 11.9. The highest BCUT2D eigenvalue weighted by Crippen LogP contribution is 2.42. The zero-order valence-electron chi connectivity index (χ0n) is 29.2. The van der Waals surface area contributed by atoms with Crippen LogP contribution in [0.5, 0.6) is 0 Å². The first-order valence-electron chi connectivity index (χ1n) is 17.6. The summed E-state index contributed by atoms with van der Waals surface area (Å²) >= 11 is 0. The monoisotopic (exact) mass is 635 g/mol. The van der Waals surface area contributed by atoms with Gasteiger partial charge in [0.05, 0.1) is 11.4 Å². The Kier molecular flexibility index (Phi) is 10.5. The summed E-state index contributed by atoms with van der Waals surface area (Å²) in [5.74, 6) is 0. The second-order valence-electron chi connectivity index (χ2n) is 11.9. The van der Waals surface area contributed by atoms with Gasteiger partial charge in [-0.3, -0.25) is 0 Å². The van der Waals surface area contributed by atoms with Crippen molar-refractivity contribution in [2.75, 3.05) is 4.90 Å². The maximum Gasteiger partial charge on any atom is 0.0616 e. The summed E-state index contributed by atoms with van der Waals surface area (Å²) in [6.45, 7) is 11.5. The fraction of sp³-hybridized carbons (Fsp3) is 0.125. The molecule has 0 bridgehead atoms. The van der Waals surface area contributed by atoms with E-state index in [4.69, 9.17) is 0 Å². The number of fused-ring (bicyclic) bond motifs is 4. The molecule has 0 spiro atoms. The molecule has 0 radical (unpaired) electrons. The summed E-state index contributed by atoms with van der Waals surface area (Å²) in [6.07, 6.45) is 12.9. The Hall–Kier alpha value is -5.66. The first kappa shape index (κ1) is 33.2. The van der Waals surface area contributed by atoms with Gasteiger partial charge in [0, 0.05) is 21.7 Å². The number of rotatable bonds is 5. The molecule has 0 unspecified atom stereocenters. The molecule has 0 heterocycles. The van der Waals surface area contributed by atoms with Crippen LogP contribution < -0.4 is 15.3 Å². The van der Waals surface area contributed by atoms with E-state index in [9.17, 15) is 0 Å². The molecular formula is C48H45N. The lowest BCUT2D eigenvalue weighted by atomic mass is 9.89.